The fourth-order valence-electron chi connectivity index (χ4n) is 11.2. The molecule has 0 saturated heterocycles. The van der Waals surface area contributed by atoms with E-state index in [1.807, 2.05) is 11.3 Å². The van der Waals surface area contributed by atoms with Gasteiger partial charge in [0.25, 0.3) is 0 Å². The van der Waals surface area contributed by atoms with E-state index in [9.17, 15) is 0 Å². The molecule has 0 saturated carbocycles. The van der Waals surface area contributed by atoms with Gasteiger partial charge in [0.05, 0.1) is 0 Å². The van der Waals surface area contributed by atoms with Gasteiger partial charge in [0.1, 0.15) is 11.2 Å². The zero-order chi connectivity index (χ0) is 45.1. The van der Waals surface area contributed by atoms with E-state index in [0.29, 0.717) is 11.8 Å². The molecule has 8 aromatic carbocycles. The number of nitrogens with zero attached hydrogens (tertiary/aromatic N) is 1. The minimum atomic E-state index is -0.354. The van der Waals surface area contributed by atoms with E-state index in [4.69, 9.17) is 4.42 Å². The second-order valence-electron chi connectivity index (χ2n) is 19.9. The summed E-state index contributed by atoms with van der Waals surface area (Å²) in [6.07, 6.45) is 0. The highest BCUT2D eigenvalue weighted by molar-refractivity contribution is 7.26. The van der Waals surface area contributed by atoms with Gasteiger partial charge >= 0.3 is 0 Å². The summed E-state index contributed by atoms with van der Waals surface area (Å²) in [5, 5.41) is 4.95. The van der Waals surface area contributed by atoms with Crippen LogP contribution in [0, 0.1) is 27.7 Å². The van der Waals surface area contributed by atoms with Gasteiger partial charge < -0.3 is 9.32 Å². The number of aryl methyl sites for hydroxylation is 4. The van der Waals surface area contributed by atoms with Gasteiger partial charge in [0, 0.05) is 64.9 Å². The van der Waals surface area contributed by atoms with E-state index in [0.717, 1.165) is 22.5 Å². The molecule has 0 aliphatic heterocycles. The van der Waals surface area contributed by atoms with E-state index in [2.05, 4.69) is 220 Å². The Balaban J connectivity index is 1.23. The Labute approximate surface area is 388 Å². The van der Waals surface area contributed by atoms with Gasteiger partial charge in [0.15, 0.2) is 0 Å². The van der Waals surface area contributed by atoms with Gasteiger partial charge in [-0.2, -0.15) is 0 Å². The highest BCUT2D eigenvalue weighted by Crippen LogP contribution is 2.60. The van der Waals surface area contributed by atoms with E-state index in [-0.39, 0.29) is 11.3 Å². The van der Waals surface area contributed by atoms with Gasteiger partial charge in [0.2, 0.25) is 0 Å². The maximum atomic E-state index is 6.93. The largest absolute Gasteiger partial charge is 0.456 e. The molecule has 1 aliphatic rings. The predicted molar refractivity (Wildman–Crippen MR) is 280 cm³/mol. The Morgan fingerprint density at radius 1 is 0.523 bits per heavy atom. The summed E-state index contributed by atoms with van der Waals surface area (Å²) < 4.78 is 9.58. The van der Waals surface area contributed by atoms with E-state index >= 15 is 0 Å². The lowest BCUT2D eigenvalue weighted by atomic mass is 9.76. The molecule has 2 aromatic heterocycles. The first-order valence-electron chi connectivity index (χ1n) is 23.4. The number of thiophene rings is 1. The minimum Gasteiger partial charge on any atom is -0.456 e. The molecule has 1 atom stereocenters. The summed E-state index contributed by atoms with van der Waals surface area (Å²) >= 11 is 1.95. The molecule has 0 spiro atoms. The number of para-hydroxylation sites is 1. The third-order valence-corrected chi connectivity index (χ3v) is 15.7. The summed E-state index contributed by atoms with van der Waals surface area (Å²) in [4.78, 5) is 2.46. The molecule has 10 aromatic rings. The molecule has 0 amide bonds. The van der Waals surface area contributed by atoms with Crippen molar-refractivity contribution in [1.29, 1.82) is 0 Å². The predicted octanol–water partition coefficient (Wildman–Crippen LogP) is 18.4. The Morgan fingerprint density at radius 3 is 1.86 bits per heavy atom. The molecular formula is C62H57NOS. The zero-order valence-electron chi connectivity index (χ0n) is 39.4. The van der Waals surface area contributed by atoms with Crippen LogP contribution in [0.5, 0.6) is 0 Å². The van der Waals surface area contributed by atoms with Gasteiger partial charge in [-0.1, -0.05) is 144 Å². The van der Waals surface area contributed by atoms with Crippen LogP contribution in [-0.2, 0) is 5.41 Å². The second kappa shape index (κ2) is 15.4. The lowest BCUT2D eigenvalue weighted by Gasteiger charge is -2.28. The van der Waals surface area contributed by atoms with Crippen LogP contribution in [0.3, 0.4) is 0 Å². The molecule has 3 heteroatoms. The fourth-order valence-corrected chi connectivity index (χ4v) is 12.5. The third kappa shape index (κ3) is 6.57. The SMILES string of the molecule is Cc1ccc(C(c2ccc(C(C)C)cc2)c2cc3c(sc4ccc(N(c5ccc(C(C)C)cc5)c5ccc(C)cc5C)cc43)c3c2-c2ccc4c(oc5ccccc54)c2C3(C)C)c(C)c1. The summed E-state index contributed by atoms with van der Waals surface area (Å²) in [5.41, 5.74) is 22.2. The van der Waals surface area contributed by atoms with Gasteiger partial charge in [-0.25, -0.2) is 0 Å². The van der Waals surface area contributed by atoms with Crippen LogP contribution in [0.1, 0.15) is 120 Å². The maximum absolute atomic E-state index is 6.93. The van der Waals surface area contributed by atoms with Crippen molar-refractivity contribution in [3.63, 3.8) is 0 Å². The lowest BCUT2D eigenvalue weighted by molar-refractivity contribution is 0.623. The molecular weight excluding hydrogens is 807 g/mol. The monoisotopic (exact) mass is 863 g/mol. The van der Waals surface area contributed by atoms with Crippen molar-refractivity contribution in [2.24, 2.45) is 0 Å². The van der Waals surface area contributed by atoms with E-state index in [1.54, 1.807) is 0 Å². The molecule has 1 unspecified atom stereocenters. The highest BCUT2D eigenvalue weighted by atomic mass is 32.1. The molecule has 0 bridgehead atoms. The first kappa shape index (κ1) is 41.3. The summed E-state index contributed by atoms with van der Waals surface area (Å²) in [5.74, 6) is 0.903. The second-order valence-corrected chi connectivity index (χ2v) is 21.0. The van der Waals surface area contributed by atoms with Crippen molar-refractivity contribution < 1.29 is 4.42 Å². The number of rotatable bonds is 8. The normalized spacial score (nSPS) is 13.7. The van der Waals surface area contributed by atoms with Gasteiger partial charge in [-0.3, -0.25) is 0 Å². The van der Waals surface area contributed by atoms with Crippen LogP contribution >= 0.6 is 11.3 Å². The molecule has 0 N–H and O–H groups in total. The maximum Gasteiger partial charge on any atom is 0.140 e. The van der Waals surface area contributed by atoms with Crippen LogP contribution in [-0.4, -0.2) is 0 Å². The average molecular weight is 864 g/mol. The van der Waals surface area contributed by atoms with Crippen molar-refractivity contribution in [1.82, 2.24) is 0 Å². The Hall–Kier alpha value is -6.42. The average Bonchev–Trinajstić information content (AvgIpc) is 3.92. The summed E-state index contributed by atoms with van der Waals surface area (Å²) in [7, 11) is 0. The fraction of sp³-hybridized carbons (Fsp3) is 0.226. The molecule has 322 valence electrons. The van der Waals surface area contributed by atoms with Crippen LogP contribution in [0.4, 0.5) is 17.1 Å². The first-order valence-corrected chi connectivity index (χ1v) is 24.2. The standard InChI is InChI=1S/C62H57NOS/c1-35(2)41-17-19-43(20-18-41)56(46-26-15-37(5)31-39(46)7)52-34-51-50-33-45(63(53-29-16-38(6)32-40(53)8)44-23-21-42(22-24-44)36(3)4)25-30-55(50)65-61(51)59-57(52)49-28-27-48-47-13-11-12-14-54(47)64-60(48)58(49)62(59,9)10/h11-36,56H,1-10H3. The van der Waals surface area contributed by atoms with E-state index < -0.39 is 0 Å². The number of anilines is 3. The summed E-state index contributed by atoms with van der Waals surface area (Å²) in [6.45, 7) is 22.9. The first-order chi connectivity index (χ1) is 31.3. The Kier molecular flexibility index (Phi) is 9.75. The number of benzene rings is 8. The Morgan fingerprint density at radius 2 is 1.17 bits per heavy atom. The number of fused-ring (bicyclic) bond motifs is 11. The summed E-state index contributed by atoms with van der Waals surface area (Å²) in [6, 6.07) is 55.6. The van der Waals surface area contributed by atoms with Crippen molar-refractivity contribution >= 4 is 70.5 Å². The number of furan rings is 1. The van der Waals surface area contributed by atoms with Crippen LogP contribution in [0.2, 0.25) is 0 Å². The van der Waals surface area contributed by atoms with Crippen LogP contribution in [0.25, 0.3) is 53.2 Å². The van der Waals surface area contributed by atoms with Crippen molar-refractivity contribution in [3.8, 4) is 11.1 Å². The number of hydrogen-bond acceptors (Lipinski definition) is 3. The van der Waals surface area contributed by atoms with Crippen molar-refractivity contribution in [2.45, 2.75) is 92.4 Å². The van der Waals surface area contributed by atoms with Crippen LogP contribution < -0.4 is 4.90 Å². The van der Waals surface area contributed by atoms with E-state index in [1.165, 1.54) is 109 Å². The molecule has 2 nitrogen and oxygen atoms in total. The van der Waals surface area contributed by atoms with Gasteiger partial charge in [-0.05, 0) is 150 Å². The zero-order valence-corrected chi connectivity index (χ0v) is 40.2. The highest BCUT2D eigenvalue weighted by Gasteiger charge is 2.43. The smallest absolute Gasteiger partial charge is 0.140 e. The molecule has 65 heavy (non-hydrogen) atoms. The van der Waals surface area contributed by atoms with Crippen molar-refractivity contribution in [3.05, 3.63) is 207 Å². The van der Waals surface area contributed by atoms with Crippen LogP contribution in [0.15, 0.2) is 150 Å². The quantitative estimate of drug-likeness (QED) is 0.142. The van der Waals surface area contributed by atoms with Gasteiger partial charge in [-0.15, -0.1) is 11.3 Å². The molecule has 1 aliphatic carbocycles. The number of hydrogen-bond donors (Lipinski definition) is 0. The third-order valence-electron chi connectivity index (χ3n) is 14.5. The Bertz CT molecular complexity index is 3500. The topological polar surface area (TPSA) is 16.4 Å². The molecule has 11 rings (SSSR count). The minimum absolute atomic E-state index is 0.00704. The van der Waals surface area contributed by atoms with Crippen molar-refractivity contribution in [2.75, 3.05) is 4.90 Å². The molecule has 0 fully saturated rings. The molecule has 2 heterocycles. The lowest BCUT2D eigenvalue weighted by Crippen LogP contribution is -2.16. The molecule has 0 radical (unpaired) electrons.